The van der Waals surface area contributed by atoms with Gasteiger partial charge >= 0.3 is 5.97 Å². The lowest BCUT2D eigenvalue weighted by Gasteiger charge is -2.26. The van der Waals surface area contributed by atoms with Gasteiger partial charge < -0.3 is 14.2 Å². The lowest BCUT2D eigenvalue weighted by molar-refractivity contribution is -0.135. The highest BCUT2D eigenvalue weighted by Gasteiger charge is 2.33. The maximum atomic E-state index is 11.9. The van der Waals surface area contributed by atoms with Crippen molar-refractivity contribution in [3.05, 3.63) is 29.6 Å². The number of carbonyl (C=O) groups excluding carboxylic acids is 1. The molecule has 1 unspecified atom stereocenters. The molecular formula is C16H18N2O4. The van der Waals surface area contributed by atoms with E-state index in [-0.39, 0.29) is 18.3 Å². The van der Waals surface area contributed by atoms with Gasteiger partial charge in [-0.2, -0.15) is 0 Å². The van der Waals surface area contributed by atoms with Gasteiger partial charge in [0.15, 0.2) is 0 Å². The van der Waals surface area contributed by atoms with E-state index >= 15 is 0 Å². The summed E-state index contributed by atoms with van der Waals surface area (Å²) in [4.78, 5) is 20.0. The van der Waals surface area contributed by atoms with Gasteiger partial charge in [-0.3, -0.25) is 14.8 Å². The number of rotatable bonds is 5. The van der Waals surface area contributed by atoms with Crippen molar-refractivity contribution >= 4 is 18.9 Å². The molecule has 1 aliphatic rings. The maximum Gasteiger partial charge on any atom is 0.312 e. The average molecular weight is 302 g/mol. The number of methoxy groups -OCH3 is 2. The van der Waals surface area contributed by atoms with E-state index in [0.29, 0.717) is 22.9 Å². The summed E-state index contributed by atoms with van der Waals surface area (Å²) in [7, 11) is 3.10. The predicted molar refractivity (Wildman–Crippen MR) is 84.3 cm³/mol. The Balaban J connectivity index is 2.63. The lowest BCUT2D eigenvalue weighted by atomic mass is 9.89. The molecule has 0 bridgehead atoms. The van der Waals surface area contributed by atoms with Gasteiger partial charge in [0, 0.05) is 36.0 Å². The number of esters is 1. The third kappa shape index (κ3) is 3.00. The highest BCUT2D eigenvalue weighted by atomic mass is 16.5. The molecule has 0 radical (unpaired) electrons. The standard InChI is InChI=1S/C16H18N2O4/c1-5-18-12(9-17-2)11-8-15(19)22-14-7-10(20-3)6-13(21-4)16(11)14/h5-7,9,11H,2,8H2,1,3-4H3/b12-9-,18-5-. The van der Waals surface area contributed by atoms with Gasteiger partial charge in [-0.15, -0.1) is 0 Å². The Kier molecular flexibility index (Phi) is 4.93. The van der Waals surface area contributed by atoms with E-state index in [1.165, 1.54) is 13.3 Å². The van der Waals surface area contributed by atoms with Gasteiger partial charge in [0.2, 0.25) is 0 Å². The van der Waals surface area contributed by atoms with Crippen LogP contribution in [0.3, 0.4) is 0 Å². The van der Waals surface area contributed by atoms with E-state index in [2.05, 4.69) is 16.7 Å². The van der Waals surface area contributed by atoms with E-state index in [4.69, 9.17) is 14.2 Å². The molecule has 0 saturated carbocycles. The van der Waals surface area contributed by atoms with Gasteiger partial charge in [0.05, 0.1) is 26.3 Å². The average Bonchev–Trinajstić information content (AvgIpc) is 2.52. The van der Waals surface area contributed by atoms with Crippen molar-refractivity contribution in [2.75, 3.05) is 14.2 Å². The number of benzene rings is 1. The Labute approximate surface area is 129 Å². The van der Waals surface area contributed by atoms with Gasteiger partial charge in [0.25, 0.3) is 0 Å². The van der Waals surface area contributed by atoms with Crippen molar-refractivity contribution in [1.82, 2.24) is 0 Å². The Hall–Kier alpha value is -2.63. The van der Waals surface area contributed by atoms with E-state index in [0.717, 1.165) is 5.56 Å². The molecule has 0 amide bonds. The molecule has 1 atom stereocenters. The van der Waals surface area contributed by atoms with E-state index < -0.39 is 0 Å². The first-order valence-corrected chi connectivity index (χ1v) is 6.75. The summed E-state index contributed by atoms with van der Waals surface area (Å²) >= 11 is 0. The van der Waals surface area contributed by atoms with Crippen LogP contribution < -0.4 is 14.2 Å². The Morgan fingerprint density at radius 1 is 1.41 bits per heavy atom. The fraction of sp³-hybridized carbons (Fsp3) is 0.312. The number of hydrogen-bond donors (Lipinski definition) is 0. The molecular weight excluding hydrogens is 284 g/mol. The van der Waals surface area contributed by atoms with E-state index in [1.54, 1.807) is 32.4 Å². The van der Waals surface area contributed by atoms with Crippen molar-refractivity contribution in [2.45, 2.75) is 19.3 Å². The first-order valence-electron chi connectivity index (χ1n) is 6.75. The first kappa shape index (κ1) is 15.8. The summed E-state index contributed by atoms with van der Waals surface area (Å²) in [5.41, 5.74) is 1.38. The maximum absolute atomic E-state index is 11.9. The van der Waals surface area contributed by atoms with Crippen molar-refractivity contribution in [3.63, 3.8) is 0 Å². The number of carbonyl (C=O) groups is 1. The van der Waals surface area contributed by atoms with Crippen LogP contribution in [0.25, 0.3) is 0 Å². The summed E-state index contributed by atoms with van der Waals surface area (Å²) < 4.78 is 16.0. The zero-order valence-corrected chi connectivity index (χ0v) is 12.8. The molecule has 0 N–H and O–H groups in total. The normalized spacial score (nSPS) is 17.9. The molecule has 6 nitrogen and oxygen atoms in total. The molecule has 0 spiro atoms. The predicted octanol–water partition coefficient (Wildman–Crippen LogP) is 2.73. The van der Waals surface area contributed by atoms with Crippen LogP contribution in [0.2, 0.25) is 0 Å². The Morgan fingerprint density at radius 3 is 2.77 bits per heavy atom. The SMILES string of the molecule is C=N/C=C(\N=C/C)C1CC(=O)Oc2cc(OC)cc(OC)c21. The van der Waals surface area contributed by atoms with E-state index in [9.17, 15) is 4.79 Å². The van der Waals surface area contributed by atoms with Crippen LogP contribution in [0.4, 0.5) is 0 Å². The second-order valence-corrected chi connectivity index (χ2v) is 4.60. The largest absolute Gasteiger partial charge is 0.496 e. The first-order chi connectivity index (χ1) is 10.6. The third-order valence-electron chi connectivity index (χ3n) is 3.34. The van der Waals surface area contributed by atoms with Crippen molar-refractivity contribution in [2.24, 2.45) is 9.98 Å². The second-order valence-electron chi connectivity index (χ2n) is 4.60. The molecule has 1 aliphatic heterocycles. The minimum Gasteiger partial charge on any atom is -0.496 e. The molecule has 0 aliphatic carbocycles. The molecule has 0 aromatic heterocycles. The molecule has 1 aromatic carbocycles. The number of allylic oxidation sites excluding steroid dienone is 1. The number of fused-ring (bicyclic) bond motifs is 1. The van der Waals surface area contributed by atoms with Crippen molar-refractivity contribution in [1.29, 1.82) is 0 Å². The summed E-state index contributed by atoms with van der Waals surface area (Å²) in [6.45, 7) is 5.25. The highest BCUT2D eigenvalue weighted by molar-refractivity contribution is 5.79. The number of aliphatic imine (C=N–C) groups is 2. The molecule has 1 aromatic rings. The quantitative estimate of drug-likeness (QED) is 0.476. The van der Waals surface area contributed by atoms with Crippen LogP contribution in [0, 0.1) is 0 Å². The number of nitrogens with zero attached hydrogens (tertiary/aromatic N) is 2. The zero-order chi connectivity index (χ0) is 16.1. The van der Waals surface area contributed by atoms with Crippen LogP contribution in [0.5, 0.6) is 17.2 Å². The summed E-state index contributed by atoms with van der Waals surface area (Å²) in [5, 5.41) is 0. The Morgan fingerprint density at radius 2 is 2.18 bits per heavy atom. The monoisotopic (exact) mass is 302 g/mol. The molecule has 22 heavy (non-hydrogen) atoms. The summed E-state index contributed by atoms with van der Waals surface area (Å²) in [6, 6.07) is 3.41. The van der Waals surface area contributed by atoms with Crippen LogP contribution in [-0.4, -0.2) is 33.1 Å². The number of hydrogen-bond acceptors (Lipinski definition) is 6. The van der Waals surface area contributed by atoms with Crippen molar-refractivity contribution in [3.8, 4) is 17.2 Å². The lowest BCUT2D eigenvalue weighted by Crippen LogP contribution is -2.22. The minimum atomic E-state index is -0.339. The van der Waals surface area contributed by atoms with Gasteiger partial charge in [0.1, 0.15) is 17.2 Å². The molecule has 116 valence electrons. The zero-order valence-electron chi connectivity index (χ0n) is 12.8. The van der Waals surface area contributed by atoms with Crippen LogP contribution in [0.15, 0.2) is 34.0 Å². The highest BCUT2D eigenvalue weighted by Crippen LogP contribution is 2.46. The third-order valence-corrected chi connectivity index (χ3v) is 3.34. The van der Waals surface area contributed by atoms with Gasteiger partial charge in [-0.05, 0) is 13.6 Å². The molecule has 1 heterocycles. The smallest absolute Gasteiger partial charge is 0.312 e. The molecule has 0 saturated heterocycles. The summed E-state index contributed by atoms with van der Waals surface area (Å²) in [6.07, 6.45) is 3.34. The van der Waals surface area contributed by atoms with Crippen LogP contribution >= 0.6 is 0 Å². The fourth-order valence-electron chi connectivity index (χ4n) is 2.43. The molecule has 6 heteroatoms. The topological polar surface area (TPSA) is 69.5 Å². The van der Waals surface area contributed by atoms with Crippen LogP contribution in [-0.2, 0) is 4.79 Å². The van der Waals surface area contributed by atoms with Crippen molar-refractivity contribution < 1.29 is 19.0 Å². The van der Waals surface area contributed by atoms with Gasteiger partial charge in [-0.25, -0.2) is 0 Å². The van der Waals surface area contributed by atoms with Crippen LogP contribution in [0.1, 0.15) is 24.8 Å². The summed E-state index contributed by atoms with van der Waals surface area (Å²) in [5.74, 6) is 0.898. The molecule has 2 rings (SSSR count). The Bertz CT molecular complexity index is 650. The second kappa shape index (κ2) is 6.89. The fourth-order valence-corrected chi connectivity index (χ4v) is 2.43. The minimum absolute atomic E-state index is 0.161. The molecule has 0 fully saturated rings. The van der Waals surface area contributed by atoms with E-state index in [1.807, 2.05) is 0 Å². The van der Waals surface area contributed by atoms with Gasteiger partial charge in [-0.1, -0.05) is 0 Å². The number of ether oxygens (including phenoxy) is 3.